The van der Waals surface area contributed by atoms with Gasteiger partial charge in [-0.15, -0.1) is 0 Å². The van der Waals surface area contributed by atoms with Crippen molar-refractivity contribution in [3.8, 4) is 5.69 Å². The average Bonchev–Trinajstić information content (AvgIpc) is 3.70. The van der Waals surface area contributed by atoms with Crippen molar-refractivity contribution < 1.29 is 40.7 Å². The molecule has 228 valence electrons. The number of piperazine rings is 1. The Balaban J connectivity index is 0.000000472. The number of imidazole rings is 2. The zero-order valence-electron chi connectivity index (χ0n) is 22.2. The van der Waals surface area contributed by atoms with Crippen molar-refractivity contribution in [2.75, 3.05) is 43.4 Å². The van der Waals surface area contributed by atoms with Crippen molar-refractivity contribution in [1.29, 1.82) is 0 Å². The van der Waals surface area contributed by atoms with E-state index in [4.69, 9.17) is 24.3 Å². The van der Waals surface area contributed by atoms with Gasteiger partial charge in [-0.25, -0.2) is 14.8 Å². The Kier molecular flexibility index (Phi) is 7.87. The number of alkyl halides is 6. The molecule has 1 aliphatic rings. The van der Waals surface area contributed by atoms with Crippen molar-refractivity contribution in [1.82, 2.24) is 34.4 Å². The van der Waals surface area contributed by atoms with E-state index in [1.54, 1.807) is 18.9 Å². The van der Waals surface area contributed by atoms with Crippen LogP contribution in [0.2, 0.25) is 0 Å². The van der Waals surface area contributed by atoms with Crippen LogP contribution < -0.4 is 10.2 Å². The molecule has 43 heavy (non-hydrogen) atoms. The van der Waals surface area contributed by atoms with Crippen LogP contribution in [0.15, 0.2) is 47.5 Å². The van der Waals surface area contributed by atoms with Crippen LogP contribution >= 0.6 is 0 Å². The number of halogens is 6. The summed E-state index contributed by atoms with van der Waals surface area (Å²) in [6.45, 7) is 3.57. The van der Waals surface area contributed by atoms with Crippen LogP contribution in [0.3, 0.4) is 0 Å². The van der Waals surface area contributed by atoms with E-state index in [0.29, 0.717) is 39.8 Å². The molecule has 12 nitrogen and oxygen atoms in total. The molecule has 0 unspecified atom stereocenters. The van der Waals surface area contributed by atoms with Crippen molar-refractivity contribution in [2.24, 2.45) is 0 Å². The lowest BCUT2D eigenvalue weighted by atomic mass is 10.2. The molecular weight excluding hydrogens is 588 g/mol. The number of furan rings is 1. The molecule has 0 saturated carbocycles. The molecule has 0 aliphatic carbocycles. The average molecular weight is 612 g/mol. The maximum Gasteiger partial charge on any atom is 0.490 e. The number of aromatic nitrogens is 6. The van der Waals surface area contributed by atoms with Crippen LogP contribution in [0.25, 0.3) is 27.9 Å². The summed E-state index contributed by atoms with van der Waals surface area (Å²) < 4.78 is 78.0. The number of nitrogens with one attached hydrogen (secondary N) is 2. The number of aromatic amines is 1. The van der Waals surface area contributed by atoms with Crippen molar-refractivity contribution in [2.45, 2.75) is 18.9 Å². The minimum atomic E-state index is -5.08. The highest BCUT2D eigenvalue weighted by atomic mass is 19.4. The molecule has 1 saturated heterocycles. The number of anilines is 2. The summed E-state index contributed by atoms with van der Waals surface area (Å²) in [6.07, 6.45) is -4.66. The normalized spacial score (nSPS) is 14.6. The highest BCUT2D eigenvalue weighted by Gasteiger charge is 2.38. The number of carboxylic acids is 1. The van der Waals surface area contributed by atoms with Gasteiger partial charge in [-0.1, -0.05) is 0 Å². The summed E-state index contributed by atoms with van der Waals surface area (Å²) in [5.41, 5.74) is 2.00. The van der Waals surface area contributed by atoms with Gasteiger partial charge in [0.1, 0.15) is 18.4 Å². The molecule has 0 amide bonds. The molecule has 5 heterocycles. The third kappa shape index (κ3) is 6.63. The Morgan fingerprint density at radius 3 is 2.42 bits per heavy atom. The molecule has 1 fully saturated rings. The number of H-pyrrole nitrogens is 1. The van der Waals surface area contributed by atoms with E-state index in [-0.39, 0.29) is 6.54 Å². The monoisotopic (exact) mass is 611 g/mol. The fourth-order valence-electron chi connectivity index (χ4n) is 4.23. The molecule has 0 spiro atoms. The second-order valence-electron chi connectivity index (χ2n) is 9.50. The molecule has 0 radical (unpaired) electrons. The fourth-order valence-corrected chi connectivity index (χ4v) is 4.23. The van der Waals surface area contributed by atoms with E-state index in [1.165, 1.54) is 6.07 Å². The molecule has 1 aromatic carbocycles. The zero-order valence-corrected chi connectivity index (χ0v) is 22.2. The van der Waals surface area contributed by atoms with Gasteiger partial charge in [0.05, 0.1) is 35.1 Å². The smallest absolute Gasteiger partial charge is 0.475 e. The molecule has 4 aromatic heterocycles. The quantitative estimate of drug-likeness (QED) is 0.246. The molecule has 6 rings (SSSR count). The summed E-state index contributed by atoms with van der Waals surface area (Å²) in [7, 11) is 2.08. The van der Waals surface area contributed by atoms with E-state index < -0.39 is 23.9 Å². The van der Waals surface area contributed by atoms with Gasteiger partial charge in [0, 0.05) is 32.2 Å². The predicted octanol–water partition coefficient (Wildman–Crippen LogP) is 4.30. The highest BCUT2D eigenvalue weighted by molar-refractivity contribution is 5.85. The van der Waals surface area contributed by atoms with Crippen LogP contribution in [0, 0.1) is 0 Å². The standard InChI is InChI=1S/C23H22F3N9O.C2HF3O2/c1-33-5-7-34(8-6-33)22-31-20(19-21(32-22)35(13-28-19)15-4-9-36-12-15)27-11-18-29-16-3-2-14(23(24,25)26)10-17(16)30-18;3-2(4,5)1(6)7/h2-4,9-10,12-13H,5-8,11H2,1H3,(H,29,30)(H,27,31,32);(H,6,7). The molecular formula is C25H23F6N9O3. The molecule has 1 aliphatic heterocycles. The first-order chi connectivity index (χ1) is 20.3. The number of nitrogens with zero attached hydrogens (tertiary/aromatic N) is 7. The minimum absolute atomic E-state index is 0.211. The second-order valence-corrected chi connectivity index (χ2v) is 9.50. The first-order valence-electron chi connectivity index (χ1n) is 12.6. The van der Waals surface area contributed by atoms with Crippen molar-refractivity contribution in [3.05, 3.63) is 54.5 Å². The number of benzene rings is 1. The molecule has 18 heteroatoms. The minimum Gasteiger partial charge on any atom is -0.475 e. The predicted molar refractivity (Wildman–Crippen MR) is 141 cm³/mol. The maximum atomic E-state index is 13.1. The Hall–Kier alpha value is -4.87. The third-order valence-corrected chi connectivity index (χ3v) is 6.48. The number of carboxylic acid groups (broad SMARTS) is 1. The van der Waals surface area contributed by atoms with Crippen LogP contribution in [0.1, 0.15) is 11.4 Å². The zero-order chi connectivity index (χ0) is 30.9. The van der Waals surface area contributed by atoms with Gasteiger partial charge in [0.2, 0.25) is 5.95 Å². The molecule has 3 N–H and O–H groups in total. The van der Waals surface area contributed by atoms with Crippen LogP contribution in [-0.4, -0.2) is 84.9 Å². The van der Waals surface area contributed by atoms with Crippen LogP contribution in [-0.2, 0) is 17.5 Å². The molecule has 5 aromatic rings. The lowest BCUT2D eigenvalue weighted by Gasteiger charge is -2.32. The number of hydrogen-bond acceptors (Lipinski definition) is 9. The lowest BCUT2D eigenvalue weighted by Crippen LogP contribution is -2.45. The highest BCUT2D eigenvalue weighted by Crippen LogP contribution is 2.31. The van der Waals surface area contributed by atoms with Crippen molar-refractivity contribution in [3.63, 3.8) is 0 Å². The van der Waals surface area contributed by atoms with Gasteiger partial charge in [-0.2, -0.15) is 36.3 Å². The Labute approximate surface area is 238 Å². The first kappa shape index (κ1) is 29.6. The molecule has 0 atom stereocenters. The first-order valence-corrected chi connectivity index (χ1v) is 12.6. The molecule has 0 bridgehead atoms. The number of carbonyl (C=O) groups is 1. The van der Waals surface area contributed by atoms with E-state index in [0.717, 1.165) is 44.0 Å². The third-order valence-electron chi connectivity index (χ3n) is 6.48. The van der Waals surface area contributed by atoms with Gasteiger partial charge in [-0.05, 0) is 25.2 Å². The van der Waals surface area contributed by atoms with E-state index in [2.05, 4.69) is 37.1 Å². The largest absolute Gasteiger partial charge is 0.490 e. The lowest BCUT2D eigenvalue weighted by molar-refractivity contribution is -0.192. The number of hydrogen-bond donors (Lipinski definition) is 3. The van der Waals surface area contributed by atoms with E-state index >= 15 is 0 Å². The SMILES string of the molecule is CN1CCN(c2nc(NCc3nc4ccc(C(F)(F)F)cc4[nH]3)c3ncn(-c4ccoc4)c3n2)CC1.O=C(O)C(F)(F)F. The second kappa shape index (κ2) is 11.4. The fraction of sp³-hybridized carbons (Fsp3) is 0.320. The van der Waals surface area contributed by atoms with Crippen LogP contribution in [0.5, 0.6) is 0 Å². The van der Waals surface area contributed by atoms with Crippen LogP contribution in [0.4, 0.5) is 38.1 Å². The van der Waals surface area contributed by atoms with Gasteiger partial charge in [-0.3, -0.25) is 4.57 Å². The number of aliphatic carboxylic acids is 1. The summed E-state index contributed by atoms with van der Waals surface area (Å²) in [5.74, 6) is -1.20. The maximum absolute atomic E-state index is 13.1. The van der Waals surface area contributed by atoms with Gasteiger partial charge < -0.3 is 29.6 Å². The van der Waals surface area contributed by atoms with Gasteiger partial charge >= 0.3 is 18.3 Å². The summed E-state index contributed by atoms with van der Waals surface area (Å²) in [5, 5.41) is 10.4. The van der Waals surface area contributed by atoms with Gasteiger partial charge in [0.25, 0.3) is 0 Å². The van der Waals surface area contributed by atoms with E-state index in [9.17, 15) is 26.3 Å². The summed E-state index contributed by atoms with van der Waals surface area (Å²) in [4.78, 5) is 34.7. The van der Waals surface area contributed by atoms with Crippen molar-refractivity contribution >= 4 is 39.9 Å². The summed E-state index contributed by atoms with van der Waals surface area (Å²) in [6, 6.07) is 5.26. The van der Waals surface area contributed by atoms with Gasteiger partial charge in [0.15, 0.2) is 17.0 Å². The Bertz CT molecular complexity index is 1720. The summed E-state index contributed by atoms with van der Waals surface area (Å²) >= 11 is 0. The Morgan fingerprint density at radius 2 is 1.79 bits per heavy atom. The number of fused-ring (bicyclic) bond motifs is 2. The topological polar surface area (TPSA) is 141 Å². The van der Waals surface area contributed by atoms with E-state index in [1.807, 2.05) is 10.6 Å². The number of likely N-dealkylation sites (N-methyl/N-ethyl adjacent to an activating group) is 1. The Morgan fingerprint density at radius 1 is 1.07 bits per heavy atom. The number of rotatable bonds is 5.